The summed E-state index contributed by atoms with van der Waals surface area (Å²) in [5, 5.41) is 7.62. The average Bonchev–Trinajstić information content (AvgIpc) is 3.55. The molecule has 0 radical (unpaired) electrons. The van der Waals surface area contributed by atoms with Gasteiger partial charge >= 0.3 is 6.01 Å². The van der Waals surface area contributed by atoms with E-state index in [2.05, 4.69) is 17.1 Å². The molecule has 1 saturated carbocycles. The van der Waals surface area contributed by atoms with Crippen LogP contribution >= 0.6 is 23.2 Å². The first-order valence-electron chi connectivity index (χ1n) is 13.6. The van der Waals surface area contributed by atoms with Crippen molar-refractivity contribution in [3.05, 3.63) is 63.4 Å². The molecule has 2 aromatic carbocycles. The third kappa shape index (κ3) is 5.19. The van der Waals surface area contributed by atoms with Crippen LogP contribution < -0.4 is 5.73 Å². The van der Waals surface area contributed by atoms with E-state index in [1.165, 1.54) is 24.3 Å². The molecule has 0 unspecified atom stereocenters. The molecule has 0 bridgehead atoms. The normalized spacial score (nSPS) is 16.3. The Labute approximate surface area is 245 Å². The van der Waals surface area contributed by atoms with Gasteiger partial charge in [0.15, 0.2) is 11.5 Å². The zero-order chi connectivity index (χ0) is 28.8. The van der Waals surface area contributed by atoms with Crippen LogP contribution in [-0.2, 0) is 11.2 Å². The Bertz CT molecular complexity index is 1630. The van der Waals surface area contributed by atoms with Crippen LogP contribution in [0.1, 0.15) is 56.3 Å². The Morgan fingerprint density at radius 1 is 1.07 bits per heavy atom. The van der Waals surface area contributed by atoms with Crippen LogP contribution in [0, 0.1) is 17.6 Å². The summed E-state index contributed by atoms with van der Waals surface area (Å²) in [4.78, 5) is 19.9. The van der Waals surface area contributed by atoms with Gasteiger partial charge in [0.1, 0.15) is 11.6 Å². The number of rotatable bonds is 6. The van der Waals surface area contributed by atoms with E-state index in [-0.39, 0.29) is 51.6 Å². The van der Waals surface area contributed by atoms with Gasteiger partial charge in [-0.1, -0.05) is 60.6 Å². The second-order valence-electron chi connectivity index (χ2n) is 10.9. The Morgan fingerprint density at radius 3 is 2.49 bits per heavy atom. The predicted octanol–water partition coefficient (Wildman–Crippen LogP) is 6.83. The average molecular weight is 601 g/mol. The van der Waals surface area contributed by atoms with Crippen LogP contribution in [0.15, 0.2) is 34.7 Å². The van der Waals surface area contributed by atoms with E-state index >= 15 is 4.39 Å². The van der Waals surface area contributed by atoms with Crippen molar-refractivity contribution in [1.29, 1.82) is 0 Å². The molecule has 6 rings (SSSR count). The molecule has 0 atom stereocenters. The molecule has 8 nitrogen and oxygen atoms in total. The number of hydrogen-bond acceptors (Lipinski definition) is 6. The largest absolute Gasteiger partial charge is 0.402 e. The van der Waals surface area contributed by atoms with Crippen molar-refractivity contribution in [2.24, 2.45) is 5.92 Å². The van der Waals surface area contributed by atoms with E-state index in [9.17, 15) is 9.18 Å². The molecule has 2 fully saturated rings. The number of hydrogen-bond donors (Lipinski definition) is 1. The third-order valence-corrected chi connectivity index (χ3v) is 8.43. The first kappa shape index (κ1) is 27.7. The van der Waals surface area contributed by atoms with E-state index in [1.807, 2.05) is 0 Å². The summed E-state index contributed by atoms with van der Waals surface area (Å²) in [5.41, 5.74) is 7.33. The Balaban J connectivity index is 1.63. The monoisotopic (exact) mass is 600 g/mol. The van der Waals surface area contributed by atoms with E-state index < -0.39 is 11.6 Å². The van der Waals surface area contributed by atoms with Gasteiger partial charge in [0, 0.05) is 24.6 Å². The van der Waals surface area contributed by atoms with Crippen LogP contribution in [0.3, 0.4) is 0 Å². The van der Waals surface area contributed by atoms with Crippen LogP contribution in [-0.4, -0.2) is 43.6 Å². The number of nitrogens with zero attached hydrogens (tertiary/aromatic N) is 5. The topological polar surface area (TPSA) is 103 Å². The maximum absolute atomic E-state index is 16.3. The molecule has 2 aromatic heterocycles. The summed E-state index contributed by atoms with van der Waals surface area (Å²) < 4.78 is 37.9. The van der Waals surface area contributed by atoms with E-state index in [0.29, 0.717) is 41.7 Å². The zero-order valence-corrected chi connectivity index (χ0v) is 23.9. The lowest BCUT2D eigenvalue weighted by atomic mass is 9.88. The molecular formula is C29H28Cl2F2N6O2. The maximum atomic E-state index is 16.3. The first-order chi connectivity index (χ1) is 19.7. The smallest absolute Gasteiger partial charge is 0.313 e. The van der Waals surface area contributed by atoms with Crippen molar-refractivity contribution in [2.45, 2.75) is 51.4 Å². The standard InChI is InChI=1S/C29H28Cl2F2N6O2/c1-15-13-38(14-15)22(40)12-18-7-9-19(30)23(33)25(18)39-26(17-8-10-21(32)20(31)11-17)24(28-36-37-29(34)41-28)35-27(39)16-5-3-2-4-6-16/h7-11,15-16H,2-6,12-14H2,1H3,(H2,34,37). The maximum Gasteiger partial charge on any atom is 0.313 e. The van der Waals surface area contributed by atoms with Crippen molar-refractivity contribution >= 4 is 35.1 Å². The number of nitrogens with two attached hydrogens (primary N) is 1. The quantitative estimate of drug-likeness (QED) is 0.260. The fourth-order valence-corrected chi connectivity index (χ4v) is 6.16. The van der Waals surface area contributed by atoms with E-state index in [0.717, 1.165) is 32.1 Å². The molecule has 12 heteroatoms. The van der Waals surface area contributed by atoms with Crippen molar-refractivity contribution in [3.63, 3.8) is 0 Å². The van der Waals surface area contributed by atoms with Crippen LogP contribution in [0.25, 0.3) is 28.5 Å². The van der Waals surface area contributed by atoms with Gasteiger partial charge in [0.05, 0.1) is 27.8 Å². The third-order valence-electron chi connectivity index (χ3n) is 7.84. The molecule has 1 aliphatic carbocycles. The Morgan fingerprint density at radius 2 is 1.83 bits per heavy atom. The first-order valence-corrected chi connectivity index (χ1v) is 14.4. The molecule has 214 valence electrons. The van der Waals surface area contributed by atoms with Crippen molar-refractivity contribution in [3.8, 4) is 28.5 Å². The minimum absolute atomic E-state index is 0.0170. The number of imidazole rings is 1. The van der Waals surface area contributed by atoms with Crippen LogP contribution in [0.5, 0.6) is 0 Å². The lowest BCUT2D eigenvalue weighted by Gasteiger charge is -2.37. The number of amides is 1. The van der Waals surface area contributed by atoms with Crippen LogP contribution in [0.4, 0.5) is 14.8 Å². The Kier molecular flexibility index (Phi) is 7.46. The minimum atomic E-state index is -0.700. The summed E-state index contributed by atoms with van der Waals surface area (Å²) in [6.45, 7) is 3.39. The molecule has 0 spiro atoms. The van der Waals surface area contributed by atoms with Crippen LogP contribution in [0.2, 0.25) is 10.0 Å². The summed E-state index contributed by atoms with van der Waals surface area (Å²) in [5.74, 6) is -0.461. The summed E-state index contributed by atoms with van der Waals surface area (Å²) in [6.07, 6.45) is 4.67. The van der Waals surface area contributed by atoms with Gasteiger partial charge in [-0.05, 0) is 48.6 Å². The lowest BCUT2D eigenvalue weighted by Crippen LogP contribution is -2.49. The van der Waals surface area contributed by atoms with Crippen molar-refractivity contribution in [2.75, 3.05) is 18.8 Å². The van der Waals surface area contributed by atoms with Gasteiger partial charge in [-0.25, -0.2) is 13.8 Å². The van der Waals surface area contributed by atoms with Gasteiger partial charge in [-0.2, -0.15) is 0 Å². The predicted molar refractivity (Wildman–Crippen MR) is 152 cm³/mol. The number of likely N-dealkylation sites (tertiary alicyclic amines) is 1. The van der Waals surface area contributed by atoms with Gasteiger partial charge in [-0.3, -0.25) is 9.36 Å². The fraction of sp³-hybridized carbons (Fsp3) is 0.379. The van der Waals surface area contributed by atoms with Crippen molar-refractivity contribution in [1.82, 2.24) is 24.6 Å². The number of anilines is 1. The number of carbonyl (C=O) groups is 1. The van der Waals surface area contributed by atoms with Crippen molar-refractivity contribution < 1.29 is 18.0 Å². The highest BCUT2D eigenvalue weighted by Crippen LogP contribution is 2.43. The second-order valence-corrected chi connectivity index (χ2v) is 11.7. The minimum Gasteiger partial charge on any atom is -0.402 e. The molecule has 1 saturated heterocycles. The highest BCUT2D eigenvalue weighted by molar-refractivity contribution is 6.31. The van der Waals surface area contributed by atoms with E-state index in [4.69, 9.17) is 38.3 Å². The molecule has 3 heterocycles. The number of carbonyl (C=O) groups excluding carboxylic acids is 1. The van der Waals surface area contributed by atoms with Gasteiger partial charge in [-0.15, -0.1) is 5.10 Å². The molecule has 4 aromatic rings. The SMILES string of the molecule is CC1CN(C(=O)Cc2ccc(Cl)c(F)c2-n2c(C3CCCCC3)nc(-c3nnc(N)o3)c2-c2ccc(F)c(Cl)c2)C1. The summed E-state index contributed by atoms with van der Waals surface area (Å²) in [7, 11) is 0. The molecule has 41 heavy (non-hydrogen) atoms. The molecule has 1 amide bonds. The number of benzene rings is 2. The van der Waals surface area contributed by atoms with Gasteiger partial charge in [0.25, 0.3) is 5.89 Å². The molecule has 2 aliphatic rings. The summed E-state index contributed by atoms with van der Waals surface area (Å²) in [6, 6.07) is 7.14. The van der Waals surface area contributed by atoms with E-state index in [1.54, 1.807) is 15.5 Å². The number of nitrogen functional groups attached to an aromatic ring is 1. The van der Waals surface area contributed by atoms with Gasteiger partial charge in [0.2, 0.25) is 5.91 Å². The number of aromatic nitrogens is 4. The number of halogens is 4. The van der Waals surface area contributed by atoms with Gasteiger partial charge < -0.3 is 15.1 Å². The summed E-state index contributed by atoms with van der Waals surface area (Å²) >= 11 is 12.6. The Hall–Kier alpha value is -3.50. The zero-order valence-electron chi connectivity index (χ0n) is 22.3. The fourth-order valence-electron chi connectivity index (χ4n) is 5.83. The highest BCUT2D eigenvalue weighted by atomic mass is 35.5. The molecule has 2 N–H and O–H groups in total. The highest BCUT2D eigenvalue weighted by Gasteiger charge is 2.34. The lowest BCUT2D eigenvalue weighted by molar-refractivity contribution is -0.136. The molecule has 1 aliphatic heterocycles. The molecular weight excluding hydrogens is 573 g/mol. The second kappa shape index (κ2) is 11.1.